The third kappa shape index (κ3) is 4.87. The number of nitrogens with zero attached hydrogens (tertiary/aromatic N) is 4. The monoisotopic (exact) mass is 484 g/mol. The quantitative estimate of drug-likeness (QED) is 0.331. The number of hydrogen-bond acceptors (Lipinski definition) is 6. The van der Waals surface area contributed by atoms with Gasteiger partial charge in [0.1, 0.15) is 15.8 Å². The summed E-state index contributed by atoms with van der Waals surface area (Å²) in [4.78, 5) is 36.2. The minimum absolute atomic E-state index is 0.110. The molecule has 2 aliphatic rings. The number of unbranched alkanes of at least 4 members (excludes halogenated alkanes) is 2. The van der Waals surface area contributed by atoms with Gasteiger partial charge in [0.15, 0.2) is 0 Å². The van der Waals surface area contributed by atoms with Crippen molar-refractivity contribution in [2.24, 2.45) is 11.8 Å². The molecule has 2 fully saturated rings. The Morgan fingerprint density at radius 3 is 2.64 bits per heavy atom. The Kier molecular flexibility index (Phi) is 7.24. The number of amides is 1. The van der Waals surface area contributed by atoms with E-state index in [1.165, 1.54) is 11.8 Å². The smallest absolute Gasteiger partial charge is 0.267 e. The molecular formula is C25H32N4O2S2. The van der Waals surface area contributed by atoms with Gasteiger partial charge in [0.25, 0.3) is 11.5 Å². The number of rotatable bonds is 6. The maximum Gasteiger partial charge on any atom is 0.267 e. The molecule has 0 radical (unpaired) electrons. The van der Waals surface area contributed by atoms with Crippen LogP contribution in [0.2, 0.25) is 0 Å². The lowest BCUT2D eigenvalue weighted by Gasteiger charge is -2.36. The highest BCUT2D eigenvalue weighted by Crippen LogP contribution is 2.35. The average Bonchev–Trinajstić information content (AvgIpc) is 3.03. The summed E-state index contributed by atoms with van der Waals surface area (Å²) in [6.07, 6.45) is 7.69. The summed E-state index contributed by atoms with van der Waals surface area (Å²) in [6.45, 7) is 10.9. The molecule has 0 saturated carbocycles. The molecule has 2 aromatic heterocycles. The summed E-state index contributed by atoms with van der Waals surface area (Å²) in [5.41, 5.74) is 1.92. The second-order valence-corrected chi connectivity index (χ2v) is 11.1. The fourth-order valence-corrected chi connectivity index (χ4v) is 6.14. The molecule has 0 aliphatic carbocycles. The first-order valence-electron chi connectivity index (χ1n) is 11.8. The molecule has 4 heterocycles. The summed E-state index contributed by atoms with van der Waals surface area (Å²) >= 11 is 6.78. The van der Waals surface area contributed by atoms with Crippen LogP contribution in [-0.4, -0.2) is 44.1 Å². The van der Waals surface area contributed by atoms with Crippen LogP contribution in [0.25, 0.3) is 11.7 Å². The number of carbonyl (C=O) groups is 1. The van der Waals surface area contributed by atoms with E-state index >= 15 is 0 Å². The SMILES string of the molecule is CCCCCN1C(=O)/C(=C\c2c(N3C[C@H](C)C[C@@H](C)C3)nc3c(C)cccn3c2=O)SC1=S. The first-order valence-corrected chi connectivity index (χ1v) is 13.0. The summed E-state index contributed by atoms with van der Waals surface area (Å²) in [7, 11) is 0. The molecule has 0 spiro atoms. The number of anilines is 1. The van der Waals surface area contributed by atoms with E-state index in [4.69, 9.17) is 17.2 Å². The lowest BCUT2D eigenvalue weighted by atomic mass is 9.91. The van der Waals surface area contributed by atoms with Gasteiger partial charge in [0.05, 0.1) is 10.5 Å². The van der Waals surface area contributed by atoms with E-state index in [0.717, 1.165) is 44.3 Å². The average molecular weight is 485 g/mol. The van der Waals surface area contributed by atoms with Crippen LogP contribution in [0.15, 0.2) is 28.0 Å². The van der Waals surface area contributed by atoms with Gasteiger partial charge in [-0.15, -0.1) is 0 Å². The second-order valence-electron chi connectivity index (χ2n) is 9.43. The summed E-state index contributed by atoms with van der Waals surface area (Å²) in [5, 5.41) is 0. The lowest BCUT2D eigenvalue weighted by molar-refractivity contribution is -0.122. The molecule has 8 heteroatoms. The van der Waals surface area contributed by atoms with Crippen LogP contribution in [-0.2, 0) is 4.79 Å². The van der Waals surface area contributed by atoms with Gasteiger partial charge >= 0.3 is 0 Å². The van der Waals surface area contributed by atoms with E-state index in [1.807, 2.05) is 19.1 Å². The van der Waals surface area contributed by atoms with Gasteiger partial charge in [-0.3, -0.25) is 18.9 Å². The Bertz CT molecular complexity index is 1160. The van der Waals surface area contributed by atoms with E-state index in [-0.39, 0.29) is 11.5 Å². The van der Waals surface area contributed by atoms with Gasteiger partial charge in [-0.1, -0.05) is 63.7 Å². The number of piperidine rings is 1. The Balaban J connectivity index is 1.81. The maximum absolute atomic E-state index is 13.7. The highest BCUT2D eigenvalue weighted by atomic mass is 32.2. The Morgan fingerprint density at radius 2 is 1.94 bits per heavy atom. The molecule has 0 unspecified atom stereocenters. The van der Waals surface area contributed by atoms with E-state index in [2.05, 4.69) is 25.7 Å². The molecular weight excluding hydrogens is 452 g/mol. The minimum atomic E-state index is -0.152. The molecule has 1 amide bonds. The number of fused-ring (bicyclic) bond motifs is 1. The third-order valence-corrected chi connectivity index (χ3v) is 7.74. The van der Waals surface area contributed by atoms with Gasteiger partial charge in [0.2, 0.25) is 0 Å². The fraction of sp³-hybridized carbons (Fsp3) is 0.520. The van der Waals surface area contributed by atoms with Crippen molar-refractivity contribution in [1.82, 2.24) is 14.3 Å². The number of carbonyl (C=O) groups excluding carboxylic acids is 1. The first-order chi connectivity index (χ1) is 15.8. The molecule has 2 atom stereocenters. The van der Waals surface area contributed by atoms with Crippen LogP contribution < -0.4 is 10.5 Å². The zero-order valence-electron chi connectivity index (χ0n) is 19.8. The maximum atomic E-state index is 13.7. The molecule has 0 aromatic carbocycles. The summed E-state index contributed by atoms with van der Waals surface area (Å²) < 4.78 is 2.15. The van der Waals surface area contributed by atoms with Crippen molar-refractivity contribution < 1.29 is 4.79 Å². The number of thiocarbonyl (C=S) groups is 1. The van der Waals surface area contributed by atoms with E-state index in [0.29, 0.717) is 44.6 Å². The van der Waals surface area contributed by atoms with E-state index < -0.39 is 0 Å². The van der Waals surface area contributed by atoms with Crippen molar-refractivity contribution in [2.75, 3.05) is 24.5 Å². The van der Waals surface area contributed by atoms with Crippen LogP contribution >= 0.6 is 24.0 Å². The van der Waals surface area contributed by atoms with Crippen LogP contribution in [0, 0.1) is 18.8 Å². The molecule has 0 bridgehead atoms. The van der Waals surface area contributed by atoms with Gasteiger partial charge in [-0.05, 0) is 49.3 Å². The van der Waals surface area contributed by atoms with E-state index in [1.54, 1.807) is 21.6 Å². The van der Waals surface area contributed by atoms with Crippen LogP contribution in [0.4, 0.5) is 5.82 Å². The predicted molar refractivity (Wildman–Crippen MR) is 141 cm³/mol. The van der Waals surface area contributed by atoms with E-state index in [9.17, 15) is 9.59 Å². The topological polar surface area (TPSA) is 57.9 Å². The lowest BCUT2D eigenvalue weighted by Crippen LogP contribution is -2.40. The number of aromatic nitrogens is 2. The van der Waals surface area contributed by atoms with Crippen LogP contribution in [0.1, 0.15) is 57.6 Å². The van der Waals surface area contributed by atoms with Crippen molar-refractivity contribution in [3.63, 3.8) is 0 Å². The molecule has 4 rings (SSSR count). The van der Waals surface area contributed by atoms with Crippen LogP contribution in [0.3, 0.4) is 0 Å². The molecule has 0 N–H and O–H groups in total. The Morgan fingerprint density at radius 1 is 1.21 bits per heavy atom. The largest absolute Gasteiger partial charge is 0.355 e. The normalized spacial score (nSPS) is 22.7. The zero-order chi connectivity index (χ0) is 23.7. The highest BCUT2D eigenvalue weighted by molar-refractivity contribution is 8.26. The second kappa shape index (κ2) is 9.97. The van der Waals surface area contributed by atoms with Crippen molar-refractivity contribution in [1.29, 1.82) is 0 Å². The summed E-state index contributed by atoms with van der Waals surface area (Å²) in [5.74, 6) is 1.58. The predicted octanol–water partition coefficient (Wildman–Crippen LogP) is 4.88. The van der Waals surface area contributed by atoms with Gasteiger partial charge in [-0.25, -0.2) is 4.98 Å². The van der Waals surface area contributed by atoms with Crippen molar-refractivity contribution in [2.45, 2.75) is 53.4 Å². The minimum Gasteiger partial charge on any atom is -0.355 e. The molecule has 6 nitrogen and oxygen atoms in total. The Labute approximate surface area is 205 Å². The Hall–Kier alpha value is -2.19. The third-order valence-electron chi connectivity index (χ3n) is 6.37. The standard InChI is InChI=1S/C25H32N4O2S2/c1-5-6-7-10-29-24(31)20(33-25(29)32)13-19-22(27-14-16(2)12-17(3)15-27)26-21-18(4)9-8-11-28(21)23(19)30/h8-9,11,13,16-17H,5-7,10,12,14-15H2,1-4H3/b20-13+/t16-,17-/m1/s1. The van der Waals surface area contributed by atoms with Gasteiger partial charge in [0, 0.05) is 25.8 Å². The zero-order valence-corrected chi connectivity index (χ0v) is 21.5. The van der Waals surface area contributed by atoms with Gasteiger partial charge < -0.3 is 4.90 Å². The summed E-state index contributed by atoms with van der Waals surface area (Å²) in [6, 6.07) is 3.82. The highest BCUT2D eigenvalue weighted by Gasteiger charge is 2.33. The fourth-order valence-electron chi connectivity index (χ4n) is 4.85. The molecule has 2 aromatic rings. The molecule has 2 aliphatic heterocycles. The number of aryl methyl sites for hydroxylation is 1. The number of thioether (sulfide) groups is 1. The first kappa shape index (κ1) is 24.0. The number of hydrogen-bond donors (Lipinski definition) is 0. The molecule has 176 valence electrons. The van der Waals surface area contributed by atoms with Crippen molar-refractivity contribution in [3.05, 3.63) is 44.7 Å². The van der Waals surface area contributed by atoms with Crippen LogP contribution in [0.5, 0.6) is 0 Å². The van der Waals surface area contributed by atoms with Gasteiger partial charge in [-0.2, -0.15) is 0 Å². The van der Waals surface area contributed by atoms with Crippen molar-refractivity contribution in [3.8, 4) is 0 Å². The molecule has 2 saturated heterocycles. The van der Waals surface area contributed by atoms with Crippen molar-refractivity contribution >= 4 is 51.7 Å². The molecule has 33 heavy (non-hydrogen) atoms. The number of pyridine rings is 1.